The van der Waals surface area contributed by atoms with Gasteiger partial charge in [-0.1, -0.05) is 35.0 Å². The Morgan fingerprint density at radius 2 is 2.15 bits per heavy atom. The number of rotatable bonds is 3. The number of para-hydroxylation sites is 1. The summed E-state index contributed by atoms with van der Waals surface area (Å²) >= 11 is 6.22. The largest absolute Gasteiger partial charge is 0.398 e. The molecule has 0 atom stereocenters. The molecule has 2 heterocycles. The number of aromatic nitrogens is 2. The number of halogens is 1. The summed E-state index contributed by atoms with van der Waals surface area (Å²) < 4.78 is 5.14. The molecule has 0 spiro atoms. The van der Waals surface area contributed by atoms with Crippen LogP contribution in [0.15, 0.2) is 34.9 Å². The van der Waals surface area contributed by atoms with Crippen LogP contribution in [0.25, 0.3) is 11.1 Å². The van der Waals surface area contributed by atoms with Gasteiger partial charge in [-0.2, -0.15) is 4.98 Å². The third kappa shape index (κ3) is 2.28. The van der Waals surface area contributed by atoms with Gasteiger partial charge in [-0.25, -0.2) is 0 Å². The zero-order chi connectivity index (χ0) is 14.1. The number of nitrogens with one attached hydrogen (secondary N) is 1. The van der Waals surface area contributed by atoms with Crippen LogP contribution in [0.5, 0.6) is 0 Å². The fourth-order valence-electron chi connectivity index (χ4n) is 2.01. The maximum absolute atomic E-state index is 6.22. The van der Waals surface area contributed by atoms with E-state index in [1.54, 1.807) is 6.07 Å². The average Bonchev–Trinajstić information content (AvgIpc) is 2.80. The molecule has 0 amide bonds. The van der Waals surface area contributed by atoms with Crippen LogP contribution in [0.3, 0.4) is 0 Å². The zero-order valence-electron chi connectivity index (χ0n) is 10.9. The number of nitrogens with zero attached hydrogens (tertiary/aromatic N) is 2. The van der Waals surface area contributed by atoms with Gasteiger partial charge in [0, 0.05) is 18.3 Å². The Morgan fingerprint density at radius 1 is 1.35 bits per heavy atom. The molecular formula is C14H13ClN4O. The van der Waals surface area contributed by atoms with Crippen molar-refractivity contribution in [2.24, 2.45) is 0 Å². The van der Waals surface area contributed by atoms with Gasteiger partial charge < -0.3 is 15.6 Å². The molecule has 3 rings (SSSR count). The van der Waals surface area contributed by atoms with E-state index >= 15 is 0 Å². The topological polar surface area (TPSA) is 77.0 Å². The van der Waals surface area contributed by atoms with Crippen LogP contribution in [0.4, 0.5) is 11.5 Å². The molecule has 1 aromatic carbocycles. The van der Waals surface area contributed by atoms with Crippen LogP contribution in [-0.2, 0) is 6.54 Å². The molecule has 0 saturated carbocycles. The molecule has 3 N–H and O–H groups in total. The van der Waals surface area contributed by atoms with Crippen LogP contribution < -0.4 is 11.1 Å². The van der Waals surface area contributed by atoms with Crippen molar-refractivity contribution in [1.82, 2.24) is 10.1 Å². The van der Waals surface area contributed by atoms with Gasteiger partial charge in [-0.3, -0.25) is 0 Å². The van der Waals surface area contributed by atoms with Gasteiger partial charge in [0.1, 0.15) is 5.82 Å². The first-order valence-corrected chi connectivity index (χ1v) is 6.52. The summed E-state index contributed by atoms with van der Waals surface area (Å²) in [6, 6.07) is 9.42. The van der Waals surface area contributed by atoms with E-state index in [9.17, 15) is 0 Å². The molecule has 0 aliphatic rings. The van der Waals surface area contributed by atoms with E-state index in [1.165, 1.54) is 0 Å². The summed E-state index contributed by atoms with van der Waals surface area (Å²) in [6.45, 7) is 2.39. The van der Waals surface area contributed by atoms with Gasteiger partial charge in [0.25, 0.3) is 5.71 Å². The molecule has 5 nitrogen and oxygen atoms in total. The first kappa shape index (κ1) is 12.7. The van der Waals surface area contributed by atoms with Gasteiger partial charge in [-0.05, 0) is 18.6 Å². The highest BCUT2D eigenvalue weighted by molar-refractivity contribution is 6.35. The Kier molecular flexibility index (Phi) is 3.20. The normalized spacial score (nSPS) is 10.9. The predicted octanol–water partition coefficient (Wildman–Crippen LogP) is 3.38. The lowest BCUT2D eigenvalue weighted by atomic mass is 10.2. The van der Waals surface area contributed by atoms with Crippen LogP contribution in [-0.4, -0.2) is 10.1 Å². The maximum Gasteiger partial charge on any atom is 0.261 e. The smallest absolute Gasteiger partial charge is 0.261 e. The summed E-state index contributed by atoms with van der Waals surface area (Å²) in [4.78, 5) is 4.34. The fraction of sp³-hybridized carbons (Fsp3) is 0.143. The standard InChI is InChI=1S/C14H13ClN4O/c1-8-13-10(15)6-12(18-14(13)20-19-8)17-7-9-4-2-3-5-11(9)16/h2-6H,7,16H2,1H3,(H,17,18). The minimum absolute atomic E-state index is 0.429. The molecule has 0 saturated heterocycles. The molecule has 3 aromatic rings. The lowest BCUT2D eigenvalue weighted by Crippen LogP contribution is -2.04. The lowest BCUT2D eigenvalue weighted by molar-refractivity contribution is 0.443. The van der Waals surface area contributed by atoms with Crippen molar-refractivity contribution in [1.29, 1.82) is 0 Å². The van der Waals surface area contributed by atoms with Gasteiger partial charge in [-0.15, -0.1) is 0 Å². The number of hydrogen-bond donors (Lipinski definition) is 2. The maximum atomic E-state index is 6.22. The Labute approximate surface area is 120 Å². The van der Waals surface area contributed by atoms with E-state index in [4.69, 9.17) is 21.9 Å². The van der Waals surface area contributed by atoms with Gasteiger partial charge in [0.05, 0.1) is 16.1 Å². The van der Waals surface area contributed by atoms with Crippen molar-refractivity contribution in [3.05, 3.63) is 46.6 Å². The number of nitrogen functional groups attached to an aromatic ring is 1. The molecule has 0 aliphatic carbocycles. The first-order valence-electron chi connectivity index (χ1n) is 6.15. The summed E-state index contributed by atoms with van der Waals surface area (Å²) in [5.41, 5.74) is 8.79. The third-order valence-corrected chi connectivity index (χ3v) is 3.38. The van der Waals surface area contributed by atoms with Gasteiger partial charge >= 0.3 is 0 Å². The van der Waals surface area contributed by atoms with Crippen LogP contribution in [0.2, 0.25) is 5.02 Å². The van der Waals surface area contributed by atoms with Crippen LogP contribution in [0, 0.1) is 6.92 Å². The average molecular weight is 289 g/mol. The van der Waals surface area contributed by atoms with Crippen molar-refractivity contribution in [3.63, 3.8) is 0 Å². The second kappa shape index (κ2) is 5.02. The second-order valence-electron chi connectivity index (χ2n) is 4.49. The van der Waals surface area contributed by atoms with Gasteiger partial charge in [0.2, 0.25) is 0 Å². The monoisotopic (exact) mass is 288 g/mol. The molecule has 0 unspecified atom stereocenters. The zero-order valence-corrected chi connectivity index (χ0v) is 11.6. The number of benzene rings is 1. The van der Waals surface area contributed by atoms with Crippen molar-refractivity contribution in [2.45, 2.75) is 13.5 Å². The molecule has 6 heteroatoms. The molecule has 0 fully saturated rings. The summed E-state index contributed by atoms with van der Waals surface area (Å²) in [7, 11) is 0. The number of hydrogen-bond acceptors (Lipinski definition) is 5. The second-order valence-corrected chi connectivity index (χ2v) is 4.90. The predicted molar refractivity (Wildman–Crippen MR) is 79.7 cm³/mol. The minimum Gasteiger partial charge on any atom is -0.398 e. The highest BCUT2D eigenvalue weighted by Crippen LogP contribution is 2.28. The summed E-state index contributed by atoms with van der Waals surface area (Å²) in [5, 5.41) is 8.35. The van der Waals surface area contributed by atoms with Crippen molar-refractivity contribution < 1.29 is 4.52 Å². The molecule has 0 bridgehead atoms. The fourth-order valence-corrected chi connectivity index (χ4v) is 2.34. The summed E-state index contributed by atoms with van der Waals surface area (Å²) in [6.07, 6.45) is 0. The Bertz CT molecular complexity index is 769. The Balaban J connectivity index is 1.87. The number of nitrogens with two attached hydrogens (primary N) is 1. The van der Waals surface area contributed by atoms with Crippen molar-refractivity contribution in [2.75, 3.05) is 11.1 Å². The van der Waals surface area contributed by atoms with E-state index in [-0.39, 0.29) is 0 Å². The highest BCUT2D eigenvalue weighted by atomic mass is 35.5. The lowest BCUT2D eigenvalue weighted by Gasteiger charge is -2.08. The number of anilines is 2. The van der Waals surface area contributed by atoms with Crippen LogP contribution in [0.1, 0.15) is 11.3 Å². The molecule has 20 heavy (non-hydrogen) atoms. The number of pyridine rings is 1. The minimum atomic E-state index is 0.429. The van der Waals surface area contributed by atoms with E-state index in [0.717, 1.165) is 22.3 Å². The van der Waals surface area contributed by atoms with Crippen molar-refractivity contribution >= 4 is 34.2 Å². The third-order valence-electron chi connectivity index (χ3n) is 3.08. The number of fused-ring (bicyclic) bond motifs is 1. The highest BCUT2D eigenvalue weighted by Gasteiger charge is 2.11. The Morgan fingerprint density at radius 3 is 2.95 bits per heavy atom. The van der Waals surface area contributed by atoms with E-state index < -0.39 is 0 Å². The van der Waals surface area contributed by atoms with Crippen molar-refractivity contribution in [3.8, 4) is 0 Å². The van der Waals surface area contributed by atoms with E-state index in [2.05, 4.69) is 15.5 Å². The van der Waals surface area contributed by atoms with E-state index in [1.807, 2.05) is 31.2 Å². The molecule has 2 aromatic heterocycles. The molecule has 0 radical (unpaired) electrons. The molecular weight excluding hydrogens is 276 g/mol. The first-order chi connectivity index (χ1) is 9.65. The van der Waals surface area contributed by atoms with Crippen LogP contribution >= 0.6 is 11.6 Å². The quantitative estimate of drug-likeness (QED) is 0.723. The SMILES string of the molecule is Cc1noc2nc(NCc3ccccc3N)cc(Cl)c12. The number of aryl methyl sites for hydroxylation is 1. The van der Waals surface area contributed by atoms with Gasteiger partial charge in [0.15, 0.2) is 0 Å². The molecule has 0 aliphatic heterocycles. The Hall–Kier alpha value is -2.27. The van der Waals surface area contributed by atoms with E-state index in [0.29, 0.717) is 23.1 Å². The summed E-state index contributed by atoms with van der Waals surface area (Å²) in [5.74, 6) is 0.627. The molecule has 102 valence electrons.